The molecular weight excluding hydrogens is 262 g/mol. The molecule has 0 unspecified atom stereocenters. The predicted molar refractivity (Wildman–Crippen MR) is 72.4 cm³/mol. The maximum absolute atomic E-state index is 11.1. The van der Waals surface area contributed by atoms with E-state index < -0.39 is 4.92 Å². The Morgan fingerprint density at radius 2 is 2.30 bits per heavy atom. The molecule has 0 aliphatic carbocycles. The highest BCUT2D eigenvalue weighted by Gasteiger charge is 2.24. The van der Waals surface area contributed by atoms with Crippen LogP contribution in [-0.4, -0.2) is 36.2 Å². The lowest BCUT2D eigenvalue weighted by atomic mass is 10.3. The Bertz CT molecular complexity index is 576. The Morgan fingerprint density at radius 3 is 2.90 bits per heavy atom. The maximum atomic E-state index is 11.1. The molecule has 108 valence electrons. The van der Waals surface area contributed by atoms with Crippen molar-refractivity contribution in [3.63, 3.8) is 0 Å². The monoisotopic (exact) mass is 279 g/mol. The van der Waals surface area contributed by atoms with E-state index in [0.717, 1.165) is 6.42 Å². The second-order valence-corrected chi connectivity index (χ2v) is 4.30. The van der Waals surface area contributed by atoms with Gasteiger partial charge in [-0.25, -0.2) is 4.68 Å². The van der Waals surface area contributed by atoms with E-state index in [-0.39, 0.29) is 5.69 Å². The van der Waals surface area contributed by atoms with Gasteiger partial charge in [0.1, 0.15) is 5.69 Å². The Hall–Kier alpha value is -2.45. The fraction of sp³-hybridized carbons (Fsp3) is 0.545. The van der Waals surface area contributed by atoms with Crippen molar-refractivity contribution in [1.29, 1.82) is 0 Å². The van der Waals surface area contributed by atoms with Crippen molar-refractivity contribution in [3.05, 3.63) is 28.2 Å². The van der Waals surface area contributed by atoms with E-state index in [1.165, 1.54) is 0 Å². The van der Waals surface area contributed by atoms with Crippen LogP contribution in [-0.2, 0) is 13.1 Å². The van der Waals surface area contributed by atoms with E-state index in [2.05, 4.69) is 20.7 Å². The smallest absolute Gasteiger partial charge is 0.333 e. The third-order valence-electron chi connectivity index (χ3n) is 2.91. The third-order valence-corrected chi connectivity index (χ3v) is 2.91. The van der Waals surface area contributed by atoms with Crippen molar-refractivity contribution in [2.75, 3.05) is 11.9 Å². The minimum atomic E-state index is -0.395. The van der Waals surface area contributed by atoms with Crippen LogP contribution in [0.2, 0.25) is 0 Å². The molecule has 0 aromatic carbocycles. The minimum Gasteiger partial charge on any atom is -0.364 e. The topological polar surface area (TPSA) is 104 Å². The molecule has 2 heterocycles. The largest absolute Gasteiger partial charge is 0.364 e. The molecule has 0 bridgehead atoms. The van der Waals surface area contributed by atoms with Gasteiger partial charge < -0.3 is 5.32 Å². The second-order valence-electron chi connectivity index (χ2n) is 4.30. The van der Waals surface area contributed by atoms with Crippen LogP contribution < -0.4 is 5.32 Å². The standard InChI is InChI=1S/C11H17N7O2/c1-3-17-11(10(18(19)20)9(2)14-17)12-5-4-7-16-8-6-13-15-16/h6,8,12H,3-5,7H2,1-2H3. The summed E-state index contributed by atoms with van der Waals surface area (Å²) in [4.78, 5) is 10.7. The molecule has 0 saturated carbocycles. The van der Waals surface area contributed by atoms with E-state index in [1.54, 1.807) is 28.7 Å². The van der Waals surface area contributed by atoms with E-state index in [4.69, 9.17) is 0 Å². The number of hydrogen-bond acceptors (Lipinski definition) is 6. The molecule has 2 aromatic heterocycles. The Labute approximate surface area is 115 Å². The summed E-state index contributed by atoms with van der Waals surface area (Å²) in [6.07, 6.45) is 4.19. The molecule has 0 saturated heterocycles. The summed E-state index contributed by atoms with van der Waals surface area (Å²) in [5, 5.41) is 25.9. The van der Waals surface area contributed by atoms with Crippen LogP contribution >= 0.6 is 0 Å². The molecule has 9 heteroatoms. The first kappa shape index (κ1) is 14.0. The van der Waals surface area contributed by atoms with Gasteiger partial charge in [-0.15, -0.1) is 5.10 Å². The van der Waals surface area contributed by atoms with Crippen molar-refractivity contribution >= 4 is 11.5 Å². The molecule has 0 spiro atoms. The number of aromatic nitrogens is 5. The third kappa shape index (κ3) is 2.92. The van der Waals surface area contributed by atoms with Gasteiger partial charge in [-0.1, -0.05) is 5.21 Å². The average Bonchev–Trinajstić information content (AvgIpc) is 3.01. The number of nitro groups is 1. The highest BCUT2D eigenvalue weighted by Crippen LogP contribution is 2.27. The number of hydrogen-bond donors (Lipinski definition) is 1. The van der Waals surface area contributed by atoms with E-state index in [9.17, 15) is 10.1 Å². The molecule has 0 radical (unpaired) electrons. The molecule has 0 aliphatic heterocycles. The van der Waals surface area contributed by atoms with Crippen molar-refractivity contribution in [2.24, 2.45) is 0 Å². The van der Waals surface area contributed by atoms with Crippen LogP contribution in [0.15, 0.2) is 12.4 Å². The summed E-state index contributed by atoms with van der Waals surface area (Å²) in [5.74, 6) is 0.466. The van der Waals surface area contributed by atoms with Crippen LogP contribution in [0, 0.1) is 17.0 Å². The molecule has 2 rings (SSSR count). The predicted octanol–water partition coefficient (Wildman–Crippen LogP) is 1.21. The molecule has 0 atom stereocenters. The first-order chi connectivity index (χ1) is 9.63. The number of aryl methyl sites for hydroxylation is 3. The molecule has 1 N–H and O–H groups in total. The summed E-state index contributed by atoms with van der Waals surface area (Å²) in [6.45, 7) is 5.44. The van der Waals surface area contributed by atoms with Crippen LogP contribution in [0.1, 0.15) is 19.0 Å². The van der Waals surface area contributed by atoms with Crippen molar-refractivity contribution in [2.45, 2.75) is 33.4 Å². The number of nitrogens with zero attached hydrogens (tertiary/aromatic N) is 6. The second kappa shape index (κ2) is 6.13. The van der Waals surface area contributed by atoms with E-state index in [0.29, 0.717) is 31.1 Å². The summed E-state index contributed by atoms with van der Waals surface area (Å²) in [6, 6.07) is 0. The van der Waals surface area contributed by atoms with Gasteiger partial charge in [0, 0.05) is 25.8 Å². The zero-order valence-corrected chi connectivity index (χ0v) is 11.5. The molecule has 0 amide bonds. The van der Waals surface area contributed by atoms with Gasteiger partial charge in [0.25, 0.3) is 0 Å². The van der Waals surface area contributed by atoms with Crippen LogP contribution in [0.25, 0.3) is 0 Å². The van der Waals surface area contributed by atoms with Crippen molar-refractivity contribution in [1.82, 2.24) is 24.8 Å². The van der Waals surface area contributed by atoms with Gasteiger partial charge in [0.15, 0.2) is 0 Å². The quantitative estimate of drug-likeness (QED) is 0.464. The zero-order valence-electron chi connectivity index (χ0n) is 11.5. The fourth-order valence-electron chi connectivity index (χ4n) is 1.99. The Balaban J connectivity index is 1.99. The minimum absolute atomic E-state index is 0.0487. The van der Waals surface area contributed by atoms with E-state index in [1.807, 2.05) is 6.92 Å². The Morgan fingerprint density at radius 1 is 1.50 bits per heavy atom. The van der Waals surface area contributed by atoms with Crippen LogP contribution in [0.4, 0.5) is 11.5 Å². The van der Waals surface area contributed by atoms with Crippen LogP contribution in [0.3, 0.4) is 0 Å². The number of rotatable bonds is 7. The maximum Gasteiger partial charge on any atom is 0.333 e. The van der Waals surface area contributed by atoms with Gasteiger partial charge >= 0.3 is 5.69 Å². The lowest BCUT2D eigenvalue weighted by molar-refractivity contribution is -0.384. The summed E-state index contributed by atoms with van der Waals surface area (Å²) >= 11 is 0. The lowest BCUT2D eigenvalue weighted by Crippen LogP contribution is -2.12. The van der Waals surface area contributed by atoms with Gasteiger partial charge in [-0.2, -0.15) is 5.10 Å². The van der Waals surface area contributed by atoms with Gasteiger partial charge in [-0.05, 0) is 20.3 Å². The van der Waals surface area contributed by atoms with Crippen molar-refractivity contribution < 1.29 is 4.92 Å². The fourth-order valence-corrected chi connectivity index (χ4v) is 1.99. The first-order valence-electron chi connectivity index (χ1n) is 6.43. The van der Waals surface area contributed by atoms with E-state index >= 15 is 0 Å². The first-order valence-corrected chi connectivity index (χ1v) is 6.43. The lowest BCUT2D eigenvalue weighted by Gasteiger charge is -2.07. The molecule has 2 aromatic rings. The Kier molecular flexibility index (Phi) is 4.28. The zero-order chi connectivity index (χ0) is 14.5. The summed E-state index contributed by atoms with van der Waals surface area (Å²) < 4.78 is 3.33. The van der Waals surface area contributed by atoms with Gasteiger partial charge in [0.05, 0.1) is 11.1 Å². The highest BCUT2D eigenvalue weighted by molar-refractivity contribution is 5.59. The molecule has 20 heavy (non-hydrogen) atoms. The molecule has 9 nitrogen and oxygen atoms in total. The molecule has 0 fully saturated rings. The average molecular weight is 279 g/mol. The molecule has 0 aliphatic rings. The van der Waals surface area contributed by atoms with Gasteiger partial charge in [-0.3, -0.25) is 14.8 Å². The van der Waals surface area contributed by atoms with Gasteiger partial charge in [0.2, 0.25) is 5.82 Å². The summed E-state index contributed by atoms with van der Waals surface area (Å²) in [7, 11) is 0. The SMILES string of the molecule is CCn1nc(C)c([N+](=O)[O-])c1NCCCn1ccnn1. The number of nitrogens with one attached hydrogen (secondary N) is 1. The highest BCUT2D eigenvalue weighted by atomic mass is 16.6. The van der Waals surface area contributed by atoms with Crippen molar-refractivity contribution in [3.8, 4) is 0 Å². The van der Waals surface area contributed by atoms with Crippen LogP contribution in [0.5, 0.6) is 0 Å². The molecular formula is C11H17N7O2. The number of anilines is 1. The normalized spacial score (nSPS) is 10.7. The summed E-state index contributed by atoms with van der Waals surface area (Å²) in [5.41, 5.74) is 0.475.